The van der Waals surface area contributed by atoms with Gasteiger partial charge < -0.3 is 40.1 Å². The molecule has 1 fully saturated rings. The zero-order valence-corrected chi connectivity index (χ0v) is 31.6. The predicted octanol–water partition coefficient (Wildman–Crippen LogP) is 4.57. The van der Waals surface area contributed by atoms with E-state index < -0.39 is 57.5 Å². The number of ketones is 2. The zero-order valence-electron chi connectivity index (χ0n) is 31.6. The lowest BCUT2D eigenvalue weighted by Crippen LogP contribution is -2.71. The highest BCUT2D eigenvalue weighted by molar-refractivity contribution is 6.28. The second kappa shape index (κ2) is 17.7. The number of hydrogen-bond donors (Lipinski definition) is 6. The number of benzene rings is 5. The van der Waals surface area contributed by atoms with E-state index in [0.29, 0.717) is 50.6 Å². The zero-order chi connectivity index (χ0) is 42.4. The molecule has 5 aromatic carbocycles. The standard InChI is InChI=1S/C27H28FNO4.C18H14O8/c28-21-8-6-20(7-9-21)27(31)12-14-29(15-13-27)24-18-33-25-16-22(10-11-23(25)26(24)30)32-17-19-4-2-1-3-5-19;19-13(11-7-3-1-4-8-11)17(25,15(21)22)18(26,16(23)24)14(20)12-9-5-2-6-10-12/h1-11,16,24,26,30-31H,12-15,17-18H2;1-10,25-26H,(H,21,22)(H,23,24)/t24-,26+;17-,18-/m11/s1. The molecular formula is C45H42FNO12. The largest absolute Gasteiger partial charge is 0.491 e. The van der Waals surface area contributed by atoms with Crippen molar-refractivity contribution in [1.82, 2.24) is 4.90 Å². The highest BCUT2D eigenvalue weighted by Crippen LogP contribution is 2.40. The maximum Gasteiger partial charge on any atom is 0.348 e. The van der Waals surface area contributed by atoms with E-state index in [2.05, 4.69) is 4.90 Å². The van der Waals surface area contributed by atoms with Gasteiger partial charge >= 0.3 is 11.9 Å². The Morgan fingerprint density at radius 1 is 0.729 bits per heavy atom. The van der Waals surface area contributed by atoms with Crippen LogP contribution in [0, 0.1) is 5.82 Å². The van der Waals surface area contributed by atoms with Crippen LogP contribution in [0.3, 0.4) is 0 Å². The lowest BCUT2D eigenvalue weighted by atomic mass is 9.73. The van der Waals surface area contributed by atoms with Crippen LogP contribution in [0.2, 0.25) is 0 Å². The molecule has 59 heavy (non-hydrogen) atoms. The number of aliphatic carboxylic acids is 2. The minimum Gasteiger partial charge on any atom is -0.491 e. The first-order chi connectivity index (χ1) is 28.2. The quantitative estimate of drug-likeness (QED) is 0.0755. The van der Waals surface area contributed by atoms with Crippen LogP contribution in [0.4, 0.5) is 4.39 Å². The van der Waals surface area contributed by atoms with Crippen molar-refractivity contribution in [2.45, 2.75) is 48.4 Å². The first-order valence-electron chi connectivity index (χ1n) is 18.6. The van der Waals surface area contributed by atoms with Crippen LogP contribution in [-0.2, 0) is 21.8 Å². The summed E-state index contributed by atoms with van der Waals surface area (Å²) in [5.74, 6) is -7.00. The second-order valence-electron chi connectivity index (χ2n) is 14.3. The van der Waals surface area contributed by atoms with E-state index in [1.807, 2.05) is 48.5 Å². The van der Waals surface area contributed by atoms with Gasteiger partial charge in [0.1, 0.15) is 36.6 Å². The first-order valence-corrected chi connectivity index (χ1v) is 18.6. The lowest BCUT2D eigenvalue weighted by Gasteiger charge is -2.44. The normalized spacial score (nSPS) is 19.2. The molecular weight excluding hydrogens is 765 g/mol. The van der Waals surface area contributed by atoms with E-state index in [0.717, 1.165) is 41.0 Å². The van der Waals surface area contributed by atoms with E-state index in [1.165, 1.54) is 48.5 Å². The minimum absolute atomic E-state index is 0.189. The fourth-order valence-electron chi connectivity index (χ4n) is 7.20. The van der Waals surface area contributed by atoms with Crippen molar-refractivity contribution in [3.63, 3.8) is 0 Å². The maximum absolute atomic E-state index is 13.3. The predicted molar refractivity (Wildman–Crippen MR) is 209 cm³/mol. The molecule has 4 atom stereocenters. The van der Waals surface area contributed by atoms with Gasteiger partial charge in [-0.3, -0.25) is 14.5 Å². The van der Waals surface area contributed by atoms with Gasteiger partial charge in [-0.05, 0) is 48.2 Å². The Morgan fingerprint density at radius 2 is 1.22 bits per heavy atom. The van der Waals surface area contributed by atoms with Crippen molar-refractivity contribution in [2.75, 3.05) is 19.7 Å². The third kappa shape index (κ3) is 8.63. The van der Waals surface area contributed by atoms with E-state index in [4.69, 9.17) is 9.47 Å². The van der Waals surface area contributed by atoms with E-state index in [1.54, 1.807) is 12.1 Å². The SMILES string of the molecule is O=C(O)[C@](O)(C(=O)c1ccccc1)[C@](O)(C(=O)O)C(=O)c1ccccc1.O[C@H]1c2ccc(OCc3ccccc3)cc2OC[C@H]1N1CCC(O)(c2ccc(F)cc2)CC1. The van der Waals surface area contributed by atoms with Gasteiger partial charge in [-0.25, -0.2) is 14.0 Å². The average molecular weight is 808 g/mol. The Bertz CT molecular complexity index is 2190. The molecule has 6 N–H and O–H groups in total. The Hall–Kier alpha value is -6.29. The summed E-state index contributed by atoms with van der Waals surface area (Å²) in [6.07, 6.45) is 0.344. The number of aliphatic hydroxyl groups is 4. The summed E-state index contributed by atoms with van der Waals surface area (Å²) >= 11 is 0. The summed E-state index contributed by atoms with van der Waals surface area (Å²) in [5.41, 5.74) is -7.10. The first kappa shape index (κ1) is 42.3. The molecule has 306 valence electrons. The summed E-state index contributed by atoms with van der Waals surface area (Å²) in [6, 6.07) is 34.2. The van der Waals surface area contributed by atoms with E-state index in [-0.39, 0.29) is 11.9 Å². The third-order valence-electron chi connectivity index (χ3n) is 10.7. The number of carboxylic acids is 2. The molecule has 2 aliphatic heterocycles. The smallest absolute Gasteiger partial charge is 0.348 e. The number of aliphatic hydroxyl groups excluding tert-OH is 1. The van der Waals surface area contributed by atoms with Gasteiger partial charge in [-0.15, -0.1) is 0 Å². The molecule has 0 unspecified atom stereocenters. The molecule has 13 nitrogen and oxygen atoms in total. The van der Waals surface area contributed by atoms with Crippen molar-refractivity contribution in [1.29, 1.82) is 0 Å². The minimum atomic E-state index is -3.95. The monoisotopic (exact) mass is 807 g/mol. The molecule has 0 radical (unpaired) electrons. The fourth-order valence-corrected chi connectivity index (χ4v) is 7.20. The summed E-state index contributed by atoms with van der Waals surface area (Å²) in [6.45, 7) is 2.07. The maximum atomic E-state index is 13.3. The van der Waals surface area contributed by atoms with Gasteiger partial charge in [-0.1, -0.05) is 103 Å². The summed E-state index contributed by atoms with van der Waals surface area (Å²) in [7, 11) is 0. The Labute approximate surface area is 338 Å². The third-order valence-corrected chi connectivity index (χ3v) is 10.7. The molecule has 0 amide bonds. The second-order valence-corrected chi connectivity index (χ2v) is 14.3. The van der Waals surface area contributed by atoms with Crippen molar-refractivity contribution >= 4 is 23.5 Å². The molecule has 2 aliphatic rings. The molecule has 5 aromatic rings. The molecule has 2 heterocycles. The molecule has 14 heteroatoms. The highest BCUT2D eigenvalue weighted by Gasteiger charge is 2.69. The van der Waals surface area contributed by atoms with Crippen LogP contribution in [0.5, 0.6) is 11.5 Å². The number of carboxylic acid groups (broad SMARTS) is 2. The van der Waals surface area contributed by atoms with Gasteiger partial charge in [0, 0.05) is 35.8 Å². The van der Waals surface area contributed by atoms with E-state index in [9.17, 15) is 54.2 Å². The van der Waals surface area contributed by atoms with Gasteiger partial charge in [0.15, 0.2) is 0 Å². The molecule has 7 rings (SSSR count). The number of carbonyl (C=O) groups is 4. The van der Waals surface area contributed by atoms with Crippen molar-refractivity contribution in [2.24, 2.45) is 0 Å². The molecule has 0 bridgehead atoms. The van der Waals surface area contributed by atoms with Gasteiger partial charge in [0.05, 0.1) is 11.6 Å². The molecule has 1 saturated heterocycles. The number of Topliss-reactive ketones (excluding diaryl/α,β-unsaturated/α-hetero) is 2. The van der Waals surface area contributed by atoms with Crippen molar-refractivity contribution in [3.8, 4) is 11.5 Å². The lowest BCUT2D eigenvalue weighted by molar-refractivity contribution is -0.187. The number of carbonyl (C=O) groups excluding carboxylic acids is 2. The topological polar surface area (TPSA) is 211 Å². The number of nitrogens with zero attached hydrogens (tertiary/aromatic N) is 1. The van der Waals surface area contributed by atoms with Crippen molar-refractivity contribution in [3.05, 3.63) is 167 Å². The fraction of sp³-hybridized carbons (Fsp3) is 0.244. The molecule has 0 aromatic heterocycles. The number of fused-ring (bicyclic) bond motifs is 1. The van der Waals surface area contributed by atoms with Crippen LogP contribution in [0.15, 0.2) is 133 Å². The van der Waals surface area contributed by atoms with Crippen LogP contribution >= 0.6 is 0 Å². The van der Waals surface area contributed by atoms with Crippen LogP contribution in [-0.4, -0.2) is 96.0 Å². The number of likely N-dealkylation sites (tertiary alicyclic amines) is 1. The van der Waals surface area contributed by atoms with Crippen LogP contribution in [0.25, 0.3) is 0 Å². The molecule has 0 aliphatic carbocycles. The number of piperidine rings is 1. The van der Waals surface area contributed by atoms with Gasteiger partial charge in [-0.2, -0.15) is 0 Å². The Kier molecular flexibility index (Phi) is 12.7. The van der Waals surface area contributed by atoms with Crippen LogP contribution in [0.1, 0.15) is 56.4 Å². The number of ether oxygens (including phenoxy) is 2. The average Bonchev–Trinajstić information content (AvgIpc) is 3.26. The summed E-state index contributed by atoms with van der Waals surface area (Å²) in [5, 5.41) is 62.0. The number of hydrogen-bond acceptors (Lipinski definition) is 11. The van der Waals surface area contributed by atoms with E-state index >= 15 is 0 Å². The van der Waals surface area contributed by atoms with Gasteiger partial charge in [0.25, 0.3) is 11.2 Å². The highest BCUT2D eigenvalue weighted by atomic mass is 19.1. The summed E-state index contributed by atoms with van der Waals surface area (Å²) in [4.78, 5) is 50.7. The van der Waals surface area contributed by atoms with Crippen molar-refractivity contribution < 1.29 is 63.7 Å². The number of halogens is 1. The van der Waals surface area contributed by atoms with Crippen LogP contribution < -0.4 is 9.47 Å². The molecule has 0 spiro atoms. The Morgan fingerprint density at radius 3 is 1.71 bits per heavy atom. The van der Waals surface area contributed by atoms with Gasteiger partial charge in [0.2, 0.25) is 11.6 Å². The number of rotatable bonds is 12. The Balaban J connectivity index is 0.000000205. The summed E-state index contributed by atoms with van der Waals surface area (Å²) < 4.78 is 25.2. The molecule has 0 saturated carbocycles.